The Bertz CT molecular complexity index is 1520. The first kappa shape index (κ1) is 17.9. The Balaban J connectivity index is 1.68. The lowest BCUT2D eigenvalue weighted by atomic mass is 9.99. The van der Waals surface area contributed by atoms with Crippen molar-refractivity contribution in [3.63, 3.8) is 0 Å². The molecule has 0 amide bonds. The summed E-state index contributed by atoms with van der Waals surface area (Å²) in [6.45, 7) is 0. The van der Waals surface area contributed by atoms with Crippen LogP contribution in [0.25, 0.3) is 50.6 Å². The summed E-state index contributed by atoms with van der Waals surface area (Å²) in [4.78, 5) is 9.38. The number of benzene rings is 3. The van der Waals surface area contributed by atoms with Crippen LogP contribution in [-0.4, -0.2) is 19.6 Å². The molecule has 31 heavy (non-hydrogen) atoms. The number of nitrogens with zero attached hydrogens (tertiary/aromatic N) is 4. The summed E-state index contributed by atoms with van der Waals surface area (Å²) in [5.74, 6) is 1.37. The average Bonchev–Trinajstić information content (AvgIpc) is 3.42. The molecule has 3 heterocycles. The van der Waals surface area contributed by atoms with Crippen molar-refractivity contribution in [1.29, 1.82) is 0 Å². The molecule has 6 aromatic rings. The molecule has 0 aliphatic rings. The lowest BCUT2D eigenvalue weighted by Gasteiger charge is -2.03. The van der Waals surface area contributed by atoms with E-state index in [1.807, 2.05) is 72.8 Å². The maximum absolute atomic E-state index is 6.27. The highest BCUT2D eigenvalue weighted by atomic mass is 35.5. The van der Waals surface area contributed by atoms with Gasteiger partial charge in [0.1, 0.15) is 12.1 Å². The third kappa shape index (κ3) is 2.98. The molecule has 0 radical (unpaired) electrons. The van der Waals surface area contributed by atoms with E-state index in [9.17, 15) is 0 Å². The molecule has 0 aliphatic heterocycles. The summed E-state index contributed by atoms with van der Waals surface area (Å²) in [5, 5.41) is 6.14. The average molecular weight is 423 g/mol. The van der Waals surface area contributed by atoms with Gasteiger partial charge in [0.25, 0.3) is 0 Å². The second-order valence-electron chi connectivity index (χ2n) is 7.17. The van der Waals surface area contributed by atoms with Crippen LogP contribution < -0.4 is 0 Å². The van der Waals surface area contributed by atoms with Crippen LogP contribution in [0.2, 0.25) is 5.02 Å². The number of fused-ring (bicyclic) bond motifs is 3. The number of hydrogen-bond donors (Lipinski definition) is 0. The van der Waals surface area contributed by atoms with E-state index in [0.29, 0.717) is 22.2 Å². The molecule has 5 nitrogen and oxygen atoms in total. The van der Waals surface area contributed by atoms with Crippen molar-refractivity contribution in [3.05, 3.63) is 96.3 Å². The van der Waals surface area contributed by atoms with Gasteiger partial charge in [0.15, 0.2) is 11.5 Å². The lowest BCUT2D eigenvalue weighted by molar-refractivity contribution is 0.617. The van der Waals surface area contributed by atoms with Gasteiger partial charge in [-0.3, -0.25) is 0 Å². The van der Waals surface area contributed by atoms with Crippen LogP contribution >= 0.6 is 11.6 Å². The van der Waals surface area contributed by atoms with E-state index in [-0.39, 0.29) is 0 Å². The van der Waals surface area contributed by atoms with Crippen molar-refractivity contribution >= 4 is 28.3 Å². The SMILES string of the molecule is Clc1ccc(-c2nc3c4c(-c5ccccc5)c(-c5ccccc5)oc4ncn3n2)cc1. The van der Waals surface area contributed by atoms with Crippen LogP contribution in [-0.2, 0) is 0 Å². The summed E-state index contributed by atoms with van der Waals surface area (Å²) < 4.78 is 7.97. The Kier molecular flexibility index (Phi) is 4.08. The molecule has 3 aromatic heterocycles. The number of hydrogen-bond acceptors (Lipinski definition) is 4. The summed E-state index contributed by atoms with van der Waals surface area (Å²) in [7, 11) is 0. The van der Waals surface area contributed by atoms with Crippen LogP contribution in [0.1, 0.15) is 0 Å². The zero-order valence-corrected chi connectivity index (χ0v) is 17.0. The highest BCUT2D eigenvalue weighted by Crippen LogP contribution is 2.41. The molecule has 0 bridgehead atoms. The van der Waals surface area contributed by atoms with E-state index < -0.39 is 0 Å². The Morgan fingerprint density at radius 2 is 1.42 bits per heavy atom. The maximum atomic E-state index is 6.27. The monoisotopic (exact) mass is 422 g/mol. The Labute approximate surface area is 182 Å². The zero-order chi connectivity index (χ0) is 20.8. The molecular formula is C25H15ClN4O. The lowest BCUT2D eigenvalue weighted by Crippen LogP contribution is -1.90. The first-order valence-corrected chi connectivity index (χ1v) is 10.2. The van der Waals surface area contributed by atoms with Crippen molar-refractivity contribution in [2.45, 2.75) is 0 Å². The fraction of sp³-hybridized carbons (Fsp3) is 0. The van der Waals surface area contributed by atoms with Crippen molar-refractivity contribution in [2.75, 3.05) is 0 Å². The molecule has 148 valence electrons. The number of furan rings is 1. The van der Waals surface area contributed by atoms with Crippen molar-refractivity contribution in [2.24, 2.45) is 0 Å². The van der Waals surface area contributed by atoms with Gasteiger partial charge in [-0.05, 0) is 29.8 Å². The normalized spacial score (nSPS) is 11.4. The first-order valence-electron chi connectivity index (χ1n) is 9.82. The summed E-state index contributed by atoms with van der Waals surface area (Å²) in [5.41, 5.74) is 5.07. The van der Waals surface area contributed by atoms with Gasteiger partial charge in [0, 0.05) is 21.7 Å². The Hall–Kier alpha value is -3.96. The van der Waals surface area contributed by atoms with Crippen LogP contribution in [0, 0.1) is 0 Å². The minimum Gasteiger partial charge on any atom is -0.437 e. The second kappa shape index (κ2) is 7.07. The molecule has 0 atom stereocenters. The molecule has 0 unspecified atom stereocenters. The molecular weight excluding hydrogens is 408 g/mol. The third-order valence-electron chi connectivity index (χ3n) is 5.23. The first-order chi connectivity index (χ1) is 15.3. The van der Waals surface area contributed by atoms with E-state index in [4.69, 9.17) is 21.0 Å². The maximum Gasteiger partial charge on any atom is 0.232 e. The smallest absolute Gasteiger partial charge is 0.232 e. The van der Waals surface area contributed by atoms with Crippen LogP contribution in [0.4, 0.5) is 0 Å². The van der Waals surface area contributed by atoms with E-state index >= 15 is 0 Å². The standard InChI is InChI=1S/C25H15ClN4O/c26-19-13-11-18(12-14-19)23-28-24-21-20(16-7-3-1-4-8-16)22(17-9-5-2-6-10-17)31-25(21)27-15-30(24)29-23/h1-15H. The zero-order valence-electron chi connectivity index (χ0n) is 16.2. The largest absolute Gasteiger partial charge is 0.437 e. The molecule has 6 heteroatoms. The van der Waals surface area contributed by atoms with Crippen molar-refractivity contribution < 1.29 is 4.42 Å². The Morgan fingerprint density at radius 1 is 0.742 bits per heavy atom. The van der Waals surface area contributed by atoms with Crippen LogP contribution in [0.3, 0.4) is 0 Å². The van der Waals surface area contributed by atoms with E-state index in [0.717, 1.165) is 33.4 Å². The van der Waals surface area contributed by atoms with Gasteiger partial charge >= 0.3 is 0 Å². The molecule has 6 rings (SSSR count). The predicted molar refractivity (Wildman–Crippen MR) is 122 cm³/mol. The highest BCUT2D eigenvalue weighted by Gasteiger charge is 2.23. The van der Waals surface area contributed by atoms with E-state index in [2.05, 4.69) is 22.2 Å². The molecule has 0 fully saturated rings. The minimum absolute atomic E-state index is 0.528. The van der Waals surface area contributed by atoms with Gasteiger partial charge in [-0.25, -0.2) is 14.5 Å². The summed E-state index contributed by atoms with van der Waals surface area (Å²) in [6.07, 6.45) is 1.64. The van der Waals surface area contributed by atoms with Gasteiger partial charge in [-0.1, -0.05) is 72.3 Å². The number of halogens is 1. The van der Waals surface area contributed by atoms with Crippen LogP contribution in [0.15, 0.2) is 95.7 Å². The second-order valence-corrected chi connectivity index (χ2v) is 7.61. The van der Waals surface area contributed by atoms with Gasteiger partial charge in [-0.2, -0.15) is 0 Å². The minimum atomic E-state index is 0.528. The van der Waals surface area contributed by atoms with E-state index in [1.165, 1.54) is 0 Å². The molecule has 0 aliphatic carbocycles. The topological polar surface area (TPSA) is 56.2 Å². The highest BCUT2D eigenvalue weighted by molar-refractivity contribution is 6.30. The molecule has 0 saturated carbocycles. The molecule has 0 N–H and O–H groups in total. The molecule has 0 spiro atoms. The number of rotatable bonds is 3. The Morgan fingerprint density at radius 3 is 2.13 bits per heavy atom. The predicted octanol–water partition coefficient (Wildman–Crippen LogP) is 6.52. The quantitative estimate of drug-likeness (QED) is 0.325. The third-order valence-corrected chi connectivity index (χ3v) is 5.48. The van der Waals surface area contributed by atoms with Gasteiger partial charge < -0.3 is 4.42 Å². The fourth-order valence-corrected chi connectivity index (χ4v) is 3.92. The summed E-state index contributed by atoms with van der Waals surface area (Å²) in [6, 6.07) is 27.7. The fourth-order valence-electron chi connectivity index (χ4n) is 3.79. The van der Waals surface area contributed by atoms with Gasteiger partial charge in [0.05, 0.1) is 5.39 Å². The van der Waals surface area contributed by atoms with Crippen molar-refractivity contribution in [1.82, 2.24) is 19.6 Å². The van der Waals surface area contributed by atoms with E-state index in [1.54, 1.807) is 10.8 Å². The van der Waals surface area contributed by atoms with Gasteiger partial charge in [-0.15, -0.1) is 5.10 Å². The summed E-state index contributed by atoms with van der Waals surface area (Å²) >= 11 is 6.04. The molecule has 0 saturated heterocycles. The van der Waals surface area contributed by atoms with Crippen molar-refractivity contribution in [3.8, 4) is 33.8 Å². The van der Waals surface area contributed by atoms with Crippen LogP contribution in [0.5, 0.6) is 0 Å². The van der Waals surface area contributed by atoms with Gasteiger partial charge in [0.2, 0.25) is 5.71 Å². The molecule has 3 aromatic carbocycles. The number of aromatic nitrogens is 4.